The van der Waals surface area contributed by atoms with Crippen molar-refractivity contribution in [1.82, 2.24) is 4.90 Å². The second-order valence-electron chi connectivity index (χ2n) is 4.66. The van der Waals surface area contributed by atoms with Gasteiger partial charge in [0.25, 0.3) is 0 Å². The number of rotatable bonds is 6. The van der Waals surface area contributed by atoms with Crippen molar-refractivity contribution in [2.45, 2.75) is 20.4 Å². The first-order valence-electron chi connectivity index (χ1n) is 5.77. The van der Waals surface area contributed by atoms with Gasteiger partial charge in [-0.05, 0) is 18.1 Å². The molecule has 18 heavy (non-hydrogen) atoms. The van der Waals surface area contributed by atoms with Crippen LogP contribution in [0.25, 0.3) is 0 Å². The SMILES string of the molecule is CC(C)CN(CC(=O)O)Cc1c(Cl)cccc1Cl. The van der Waals surface area contributed by atoms with Gasteiger partial charge >= 0.3 is 5.97 Å². The molecule has 0 aromatic heterocycles. The van der Waals surface area contributed by atoms with E-state index in [2.05, 4.69) is 0 Å². The first kappa shape index (κ1) is 15.3. The highest BCUT2D eigenvalue weighted by molar-refractivity contribution is 6.35. The number of hydrogen-bond donors (Lipinski definition) is 1. The van der Waals surface area contributed by atoms with Crippen molar-refractivity contribution in [3.8, 4) is 0 Å². The molecule has 0 amide bonds. The van der Waals surface area contributed by atoms with Gasteiger partial charge < -0.3 is 5.11 Å². The highest BCUT2D eigenvalue weighted by Gasteiger charge is 2.15. The maximum Gasteiger partial charge on any atom is 0.317 e. The van der Waals surface area contributed by atoms with Crippen LogP contribution in [0.3, 0.4) is 0 Å². The zero-order chi connectivity index (χ0) is 13.7. The first-order valence-corrected chi connectivity index (χ1v) is 6.52. The summed E-state index contributed by atoms with van der Waals surface area (Å²) in [5.41, 5.74) is 0.780. The van der Waals surface area contributed by atoms with Gasteiger partial charge in [-0.2, -0.15) is 0 Å². The third-order valence-corrected chi connectivity index (χ3v) is 3.13. The zero-order valence-electron chi connectivity index (χ0n) is 10.5. The number of carbonyl (C=O) groups is 1. The molecule has 0 spiro atoms. The smallest absolute Gasteiger partial charge is 0.317 e. The van der Waals surface area contributed by atoms with Crippen molar-refractivity contribution >= 4 is 29.2 Å². The summed E-state index contributed by atoms with van der Waals surface area (Å²) in [5, 5.41) is 10.0. The van der Waals surface area contributed by atoms with Gasteiger partial charge in [-0.25, -0.2) is 0 Å². The van der Waals surface area contributed by atoms with Crippen molar-refractivity contribution in [3.05, 3.63) is 33.8 Å². The fraction of sp³-hybridized carbons (Fsp3) is 0.462. The minimum atomic E-state index is -0.848. The van der Waals surface area contributed by atoms with Gasteiger partial charge in [0.2, 0.25) is 0 Å². The van der Waals surface area contributed by atoms with Crippen LogP contribution in [0, 0.1) is 5.92 Å². The Kier molecular flexibility index (Phi) is 5.93. The third-order valence-electron chi connectivity index (χ3n) is 2.43. The van der Waals surface area contributed by atoms with Crippen LogP contribution in [0.15, 0.2) is 18.2 Å². The van der Waals surface area contributed by atoms with Gasteiger partial charge in [0.05, 0.1) is 6.54 Å². The zero-order valence-corrected chi connectivity index (χ0v) is 12.0. The Hall–Kier alpha value is -0.770. The van der Waals surface area contributed by atoms with Gasteiger partial charge in [-0.3, -0.25) is 9.69 Å². The fourth-order valence-electron chi connectivity index (χ4n) is 1.80. The molecule has 5 heteroatoms. The molecule has 0 aliphatic rings. The molecule has 1 N–H and O–H groups in total. The summed E-state index contributed by atoms with van der Waals surface area (Å²) < 4.78 is 0. The molecule has 0 saturated heterocycles. The van der Waals surface area contributed by atoms with Crippen molar-refractivity contribution < 1.29 is 9.90 Å². The van der Waals surface area contributed by atoms with E-state index in [1.807, 2.05) is 18.7 Å². The fourth-order valence-corrected chi connectivity index (χ4v) is 2.32. The molecule has 0 bridgehead atoms. The third kappa shape index (κ3) is 4.84. The highest BCUT2D eigenvalue weighted by Crippen LogP contribution is 2.25. The van der Waals surface area contributed by atoms with Crippen LogP contribution in [-0.4, -0.2) is 29.1 Å². The molecule has 0 aliphatic heterocycles. The van der Waals surface area contributed by atoms with Crippen molar-refractivity contribution in [2.75, 3.05) is 13.1 Å². The molecule has 0 fully saturated rings. The normalized spacial score (nSPS) is 11.2. The Morgan fingerprint density at radius 2 is 1.89 bits per heavy atom. The summed E-state index contributed by atoms with van der Waals surface area (Å²) in [5.74, 6) is -0.468. The average molecular weight is 290 g/mol. The van der Waals surface area contributed by atoms with Crippen molar-refractivity contribution in [2.24, 2.45) is 5.92 Å². The van der Waals surface area contributed by atoms with Gasteiger partial charge in [-0.1, -0.05) is 43.1 Å². The predicted octanol–water partition coefficient (Wildman–Crippen LogP) is 3.54. The Labute approximate surface area is 117 Å². The standard InChI is InChI=1S/C13H17Cl2NO2/c1-9(2)6-16(8-13(17)18)7-10-11(14)4-3-5-12(10)15/h3-5,9H,6-8H2,1-2H3,(H,17,18). The number of carboxylic acids is 1. The molecule has 3 nitrogen and oxygen atoms in total. The second kappa shape index (κ2) is 6.98. The first-order chi connectivity index (χ1) is 8.40. The Balaban J connectivity index is 2.84. The number of carboxylic acid groups (broad SMARTS) is 1. The molecule has 100 valence electrons. The van der Waals surface area contributed by atoms with E-state index in [-0.39, 0.29) is 6.54 Å². The van der Waals surface area contributed by atoms with E-state index in [1.54, 1.807) is 18.2 Å². The number of hydrogen-bond acceptors (Lipinski definition) is 2. The molecule has 1 aromatic rings. The van der Waals surface area contributed by atoms with Crippen LogP contribution in [0.4, 0.5) is 0 Å². The van der Waals surface area contributed by atoms with Crippen LogP contribution >= 0.6 is 23.2 Å². The van der Waals surface area contributed by atoms with Crippen molar-refractivity contribution in [3.63, 3.8) is 0 Å². The molecular formula is C13H17Cl2NO2. The number of nitrogens with zero attached hydrogens (tertiary/aromatic N) is 1. The summed E-state index contributed by atoms with van der Waals surface area (Å²) in [7, 11) is 0. The quantitative estimate of drug-likeness (QED) is 0.871. The topological polar surface area (TPSA) is 40.5 Å². The second-order valence-corrected chi connectivity index (χ2v) is 5.47. The molecule has 0 radical (unpaired) electrons. The Bertz CT molecular complexity index is 401. The van der Waals surface area contributed by atoms with E-state index in [9.17, 15) is 4.79 Å². The lowest BCUT2D eigenvalue weighted by atomic mass is 10.1. The maximum atomic E-state index is 10.8. The van der Waals surface area contributed by atoms with E-state index in [4.69, 9.17) is 28.3 Å². The van der Waals surface area contributed by atoms with Gasteiger partial charge in [-0.15, -0.1) is 0 Å². The largest absolute Gasteiger partial charge is 0.480 e. The van der Waals surface area contributed by atoms with Crippen LogP contribution in [0.5, 0.6) is 0 Å². The van der Waals surface area contributed by atoms with E-state index in [0.29, 0.717) is 29.1 Å². The lowest BCUT2D eigenvalue weighted by Crippen LogP contribution is -2.32. The van der Waals surface area contributed by atoms with Crippen LogP contribution in [0.2, 0.25) is 10.0 Å². The minimum absolute atomic E-state index is 0.0142. The molecule has 0 saturated carbocycles. The molecular weight excluding hydrogens is 273 g/mol. The van der Waals surface area contributed by atoms with Crippen LogP contribution in [-0.2, 0) is 11.3 Å². The average Bonchev–Trinajstić information content (AvgIpc) is 2.21. The number of aliphatic carboxylic acids is 1. The van der Waals surface area contributed by atoms with E-state index in [1.165, 1.54) is 0 Å². The summed E-state index contributed by atoms with van der Waals surface area (Å²) >= 11 is 12.2. The monoisotopic (exact) mass is 289 g/mol. The van der Waals surface area contributed by atoms with E-state index < -0.39 is 5.97 Å². The summed E-state index contributed by atoms with van der Waals surface area (Å²) in [6.07, 6.45) is 0. The Morgan fingerprint density at radius 3 is 2.33 bits per heavy atom. The molecule has 1 rings (SSSR count). The molecule has 1 aromatic carbocycles. The van der Waals surface area contributed by atoms with Gasteiger partial charge in [0.1, 0.15) is 0 Å². The molecule has 0 atom stereocenters. The molecule has 0 aliphatic carbocycles. The van der Waals surface area contributed by atoms with E-state index in [0.717, 1.165) is 5.56 Å². The minimum Gasteiger partial charge on any atom is -0.480 e. The van der Waals surface area contributed by atoms with Crippen LogP contribution in [0.1, 0.15) is 19.4 Å². The van der Waals surface area contributed by atoms with E-state index >= 15 is 0 Å². The lowest BCUT2D eigenvalue weighted by molar-refractivity contribution is -0.138. The Morgan fingerprint density at radius 1 is 1.33 bits per heavy atom. The van der Waals surface area contributed by atoms with Crippen molar-refractivity contribution in [1.29, 1.82) is 0 Å². The van der Waals surface area contributed by atoms with Crippen LogP contribution < -0.4 is 0 Å². The van der Waals surface area contributed by atoms with Gasteiger partial charge in [0, 0.05) is 28.7 Å². The molecule has 0 unspecified atom stereocenters. The predicted molar refractivity (Wildman–Crippen MR) is 74.2 cm³/mol. The maximum absolute atomic E-state index is 10.8. The lowest BCUT2D eigenvalue weighted by Gasteiger charge is -2.23. The summed E-state index contributed by atoms with van der Waals surface area (Å²) in [6.45, 7) is 5.21. The highest BCUT2D eigenvalue weighted by atomic mass is 35.5. The summed E-state index contributed by atoms with van der Waals surface area (Å²) in [4.78, 5) is 12.7. The van der Waals surface area contributed by atoms with Gasteiger partial charge in [0.15, 0.2) is 0 Å². The number of benzene rings is 1. The molecule has 0 heterocycles. The summed E-state index contributed by atoms with van der Waals surface area (Å²) in [6, 6.07) is 5.30. The number of halogens is 2.